The van der Waals surface area contributed by atoms with Crippen LogP contribution in [0.2, 0.25) is 0 Å². The predicted octanol–water partition coefficient (Wildman–Crippen LogP) is 7.33. The lowest BCUT2D eigenvalue weighted by atomic mass is 10.1. The maximum atomic E-state index is 2.22. The molecule has 0 nitrogen and oxygen atoms in total. The third-order valence-electron chi connectivity index (χ3n) is 2.48. The van der Waals surface area contributed by atoms with Crippen molar-refractivity contribution in [2.75, 3.05) is 0 Å². The zero-order valence-corrected chi connectivity index (χ0v) is 14.6. The molecule has 2 aromatic carbocycles. The molecule has 0 amide bonds. The third-order valence-corrected chi connectivity index (χ3v) is 2.48. The van der Waals surface area contributed by atoms with Gasteiger partial charge in [-0.25, -0.2) is 0 Å². The Morgan fingerprint density at radius 1 is 0.700 bits per heavy atom. The molecular weight excluding hydrogens is 240 g/mol. The summed E-state index contributed by atoms with van der Waals surface area (Å²) in [5.74, 6) is 0.884. The smallest absolute Gasteiger partial charge is 0.0184 e. The minimum Gasteiger partial charge on any atom is -0.0683 e. The average molecular weight is 274 g/mol. The van der Waals surface area contributed by atoms with E-state index >= 15 is 0 Å². The van der Waals surface area contributed by atoms with E-state index in [0.717, 1.165) is 5.92 Å². The Morgan fingerprint density at radius 2 is 0.900 bits per heavy atom. The second kappa shape index (κ2) is 15.8. The van der Waals surface area contributed by atoms with Crippen molar-refractivity contribution in [2.45, 2.75) is 61.3 Å². The second-order valence-electron chi connectivity index (χ2n) is 4.86. The molecule has 0 spiro atoms. The quantitative estimate of drug-likeness (QED) is 0.510. The van der Waals surface area contributed by atoms with Crippen LogP contribution < -0.4 is 0 Å². The molecule has 0 aliphatic heterocycles. The van der Waals surface area contributed by atoms with Gasteiger partial charge in [0.2, 0.25) is 0 Å². The van der Waals surface area contributed by atoms with Crippen molar-refractivity contribution in [1.29, 1.82) is 0 Å². The summed E-state index contributed by atoms with van der Waals surface area (Å²) >= 11 is 0. The van der Waals surface area contributed by atoms with Gasteiger partial charge in [-0.2, -0.15) is 0 Å². The van der Waals surface area contributed by atoms with Crippen molar-refractivity contribution in [2.24, 2.45) is 5.92 Å². The minimum absolute atomic E-state index is 0.884. The number of benzene rings is 2. The van der Waals surface area contributed by atoms with E-state index in [0.29, 0.717) is 0 Å². The summed E-state index contributed by atoms with van der Waals surface area (Å²) in [6.45, 7) is 14.9. The summed E-state index contributed by atoms with van der Waals surface area (Å²) in [5, 5.41) is 2.62. The molecule has 2 rings (SSSR count). The molecular formula is C20H34. The molecule has 2 aromatic rings. The number of hydrogen-bond acceptors (Lipinski definition) is 0. The van der Waals surface area contributed by atoms with Crippen molar-refractivity contribution >= 4 is 10.8 Å². The lowest BCUT2D eigenvalue weighted by molar-refractivity contribution is 0.626. The van der Waals surface area contributed by atoms with E-state index in [2.05, 4.69) is 83.1 Å². The van der Waals surface area contributed by atoms with Gasteiger partial charge in [-0.1, -0.05) is 110 Å². The van der Waals surface area contributed by atoms with Gasteiger partial charge in [-0.05, 0) is 16.7 Å². The molecule has 20 heavy (non-hydrogen) atoms. The molecule has 0 heteroatoms. The second-order valence-corrected chi connectivity index (χ2v) is 4.86. The van der Waals surface area contributed by atoms with Crippen LogP contribution in [0.25, 0.3) is 10.8 Å². The van der Waals surface area contributed by atoms with Crippen molar-refractivity contribution < 1.29 is 0 Å². The van der Waals surface area contributed by atoms with E-state index in [9.17, 15) is 0 Å². The fraction of sp³-hybridized carbons (Fsp3) is 0.500. The van der Waals surface area contributed by atoms with Crippen LogP contribution in [-0.2, 0) is 0 Å². The average Bonchev–Trinajstić information content (AvgIpc) is 2.51. The van der Waals surface area contributed by atoms with Crippen molar-refractivity contribution in [3.8, 4) is 0 Å². The van der Waals surface area contributed by atoms with Crippen LogP contribution in [0.15, 0.2) is 48.5 Å². The molecule has 0 aliphatic rings. The normalized spacial score (nSPS) is 8.60. The molecule has 0 saturated carbocycles. The van der Waals surface area contributed by atoms with Gasteiger partial charge in [-0.15, -0.1) is 0 Å². The SMILES string of the molecule is CC.CCC.CCC(C)C.c1ccc2ccccc2c1. The fourth-order valence-electron chi connectivity index (χ4n) is 1.13. The monoisotopic (exact) mass is 274 g/mol. The maximum Gasteiger partial charge on any atom is -0.0184 e. The Balaban J connectivity index is 0. The van der Waals surface area contributed by atoms with Gasteiger partial charge in [0.25, 0.3) is 0 Å². The molecule has 0 saturated heterocycles. The lowest BCUT2D eigenvalue weighted by Crippen LogP contribution is -1.77. The Morgan fingerprint density at radius 3 is 1.05 bits per heavy atom. The zero-order valence-electron chi connectivity index (χ0n) is 14.6. The summed E-state index contributed by atoms with van der Waals surface area (Å²) in [6, 6.07) is 16.7. The van der Waals surface area contributed by atoms with Crippen LogP contribution in [0, 0.1) is 5.92 Å². The van der Waals surface area contributed by atoms with Crippen LogP contribution in [0.1, 0.15) is 61.3 Å². The van der Waals surface area contributed by atoms with Crippen molar-refractivity contribution in [1.82, 2.24) is 0 Å². The van der Waals surface area contributed by atoms with Crippen LogP contribution in [0.3, 0.4) is 0 Å². The first-order chi connectivity index (χ1) is 9.65. The number of fused-ring (bicyclic) bond motifs is 1. The van der Waals surface area contributed by atoms with Gasteiger partial charge in [-0.3, -0.25) is 0 Å². The Hall–Kier alpha value is -1.30. The summed E-state index contributed by atoms with van der Waals surface area (Å²) in [6.07, 6.45) is 2.56. The number of rotatable bonds is 1. The van der Waals surface area contributed by atoms with Gasteiger partial charge in [0.15, 0.2) is 0 Å². The minimum atomic E-state index is 0.884. The van der Waals surface area contributed by atoms with Gasteiger partial charge in [0.1, 0.15) is 0 Å². The molecule has 0 N–H and O–H groups in total. The molecule has 0 unspecified atom stereocenters. The third kappa shape index (κ3) is 11.8. The number of hydrogen-bond donors (Lipinski definition) is 0. The highest BCUT2D eigenvalue weighted by atomic mass is 13.9. The molecule has 0 bridgehead atoms. The van der Waals surface area contributed by atoms with Crippen LogP contribution in [0.5, 0.6) is 0 Å². The van der Waals surface area contributed by atoms with Crippen molar-refractivity contribution in [3.05, 3.63) is 48.5 Å². The Bertz CT molecular complexity index is 336. The van der Waals surface area contributed by atoms with E-state index in [1.807, 2.05) is 13.8 Å². The first-order valence-corrected chi connectivity index (χ1v) is 8.09. The molecule has 0 fully saturated rings. The summed E-state index contributed by atoms with van der Waals surface area (Å²) in [5.41, 5.74) is 0. The molecule has 0 aliphatic carbocycles. The topological polar surface area (TPSA) is 0 Å². The zero-order chi connectivity index (χ0) is 15.8. The molecule has 0 atom stereocenters. The van der Waals surface area contributed by atoms with E-state index in [4.69, 9.17) is 0 Å². The van der Waals surface area contributed by atoms with Gasteiger partial charge >= 0.3 is 0 Å². The van der Waals surface area contributed by atoms with Gasteiger partial charge in [0.05, 0.1) is 0 Å². The summed E-state index contributed by atoms with van der Waals surface area (Å²) < 4.78 is 0. The predicted molar refractivity (Wildman–Crippen MR) is 96.4 cm³/mol. The van der Waals surface area contributed by atoms with E-state index in [1.165, 1.54) is 23.6 Å². The van der Waals surface area contributed by atoms with Crippen LogP contribution in [-0.4, -0.2) is 0 Å². The van der Waals surface area contributed by atoms with Crippen molar-refractivity contribution in [3.63, 3.8) is 0 Å². The maximum absolute atomic E-state index is 2.22. The van der Waals surface area contributed by atoms with E-state index < -0.39 is 0 Å². The van der Waals surface area contributed by atoms with Gasteiger partial charge < -0.3 is 0 Å². The fourth-order valence-corrected chi connectivity index (χ4v) is 1.13. The molecule has 0 aromatic heterocycles. The summed E-state index contributed by atoms with van der Waals surface area (Å²) in [7, 11) is 0. The molecule has 114 valence electrons. The standard InChI is InChI=1S/C10H8.C5H12.C3H8.C2H6/c1-2-6-10-8-4-3-7-9(10)5-1;1-4-5(2)3;1-3-2;1-2/h1-8H;5H,4H2,1-3H3;3H2,1-2H3;1-2H3. The largest absolute Gasteiger partial charge is 0.0683 e. The highest BCUT2D eigenvalue weighted by molar-refractivity contribution is 5.81. The lowest BCUT2D eigenvalue weighted by Gasteiger charge is -1.92. The Kier molecular flexibility index (Phi) is 16.5. The van der Waals surface area contributed by atoms with E-state index in [1.54, 1.807) is 0 Å². The van der Waals surface area contributed by atoms with E-state index in [-0.39, 0.29) is 0 Å². The van der Waals surface area contributed by atoms with Gasteiger partial charge in [0, 0.05) is 0 Å². The highest BCUT2D eigenvalue weighted by Gasteiger charge is 1.85. The Labute approximate surface area is 127 Å². The molecule has 0 heterocycles. The van der Waals surface area contributed by atoms with Crippen LogP contribution in [0.4, 0.5) is 0 Å². The highest BCUT2D eigenvalue weighted by Crippen LogP contribution is 2.11. The summed E-state index contributed by atoms with van der Waals surface area (Å²) in [4.78, 5) is 0. The first kappa shape index (κ1) is 21.0. The molecule has 0 radical (unpaired) electrons. The first-order valence-electron chi connectivity index (χ1n) is 8.09. The van der Waals surface area contributed by atoms with Crippen LogP contribution >= 0.6 is 0 Å².